The lowest BCUT2D eigenvalue weighted by molar-refractivity contribution is -0.137. The Labute approximate surface area is 183 Å². The van der Waals surface area contributed by atoms with Crippen molar-refractivity contribution in [1.82, 2.24) is 4.98 Å². The summed E-state index contributed by atoms with van der Waals surface area (Å²) < 4.78 is 39.8. The average Bonchev–Trinajstić information content (AvgIpc) is 3.04. The van der Waals surface area contributed by atoms with E-state index >= 15 is 0 Å². The zero-order valence-electron chi connectivity index (χ0n) is 17.3. The normalized spacial score (nSPS) is 21.3. The molecule has 4 nitrogen and oxygen atoms in total. The fraction of sp³-hybridized carbons (Fsp3) is 0.320. The van der Waals surface area contributed by atoms with Gasteiger partial charge in [0.15, 0.2) is 0 Å². The third-order valence-corrected chi connectivity index (χ3v) is 6.48. The summed E-state index contributed by atoms with van der Waals surface area (Å²) in [5.74, 6) is -0.149. The lowest BCUT2D eigenvalue weighted by Gasteiger charge is -2.24. The predicted molar refractivity (Wildman–Crippen MR) is 118 cm³/mol. The van der Waals surface area contributed by atoms with Gasteiger partial charge in [-0.15, -0.1) is 0 Å². The molecule has 7 heteroatoms. The number of rotatable bonds is 2. The van der Waals surface area contributed by atoms with E-state index in [4.69, 9.17) is 0 Å². The van der Waals surface area contributed by atoms with E-state index in [9.17, 15) is 23.1 Å². The van der Waals surface area contributed by atoms with Gasteiger partial charge >= 0.3 is 6.18 Å². The molecule has 0 saturated heterocycles. The number of amides is 1. The van der Waals surface area contributed by atoms with Gasteiger partial charge in [-0.05, 0) is 54.3 Å². The van der Waals surface area contributed by atoms with E-state index in [-0.39, 0.29) is 24.3 Å². The van der Waals surface area contributed by atoms with Crippen LogP contribution in [0.5, 0.6) is 0 Å². The van der Waals surface area contributed by atoms with Crippen molar-refractivity contribution in [3.8, 4) is 11.3 Å². The third-order valence-electron chi connectivity index (χ3n) is 6.48. The van der Waals surface area contributed by atoms with E-state index in [0.717, 1.165) is 48.9 Å². The summed E-state index contributed by atoms with van der Waals surface area (Å²) in [5.41, 5.74) is 3.30. The van der Waals surface area contributed by atoms with Crippen molar-refractivity contribution in [2.45, 2.75) is 44.4 Å². The van der Waals surface area contributed by atoms with Crippen LogP contribution in [0.4, 0.5) is 18.9 Å². The molecule has 2 aliphatic rings. The first-order valence-corrected chi connectivity index (χ1v) is 10.8. The summed E-state index contributed by atoms with van der Waals surface area (Å²) >= 11 is 0. The molecular formula is C25H23F3N2O2. The number of hydrogen-bond donors (Lipinski definition) is 3. The van der Waals surface area contributed by atoms with Gasteiger partial charge in [-0.25, -0.2) is 0 Å². The number of nitrogens with one attached hydrogen (secondary N) is 2. The van der Waals surface area contributed by atoms with E-state index in [1.54, 1.807) is 0 Å². The number of fused-ring (bicyclic) bond motifs is 5. The van der Waals surface area contributed by atoms with Crippen molar-refractivity contribution < 1.29 is 23.1 Å². The molecule has 1 aromatic heterocycles. The number of halogens is 3. The highest BCUT2D eigenvalue weighted by Gasteiger charge is 2.32. The molecule has 1 aliphatic heterocycles. The molecular weight excluding hydrogens is 417 g/mol. The highest BCUT2D eigenvalue weighted by atomic mass is 19.4. The smallest absolute Gasteiger partial charge is 0.393 e. The zero-order valence-corrected chi connectivity index (χ0v) is 17.3. The van der Waals surface area contributed by atoms with Crippen LogP contribution in [0.2, 0.25) is 0 Å². The lowest BCUT2D eigenvalue weighted by atomic mass is 9.86. The molecule has 166 valence electrons. The number of hydrogen-bond acceptors (Lipinski definition) is 2. The van der Waals surface area contributed by atoms with Gasteiger partial charge in [0.05, 0.1) is 29.5 Å². The van der Waals surface area contributed by atoms with Gasteiger partial charge in [-0.3, -0.25) is 4.79 Å². The van der Waals surface area contributed by atoms with Crippen LogP contribution in [0.1, 0.15) is 42.4 Å². The van der Waals surface area contributed by atoms with Crippen molar-refractivity contribution in [2.24, 2.45) is 5.92 Å². The fourth-order valence-corrected chi connectivity index (χ4v) is 4.77. The average molecular weight is 440 g/mol. The van der Waals surface area contributed by atoms with Crippen LogP contribution in [-0.4, -0.2) is 22.1 Å². The van der Waals surface area contributed by atoms with Gasteiger partial charge in [0, 0.05) is 22.4 Å². The van der Waals surface area contributed by atoms with Crippen molar-refractivity contribution in [3.05, 3.63) is 59.2 Å². The van der Waals surface area contributed by atoms with Crippen LogP contribution in [0.3, 0.4) is 0 Å². The van der Waals surface area contributed by atoms with Gasteiger partial charge < -0.3 is 15.4 Å². The van der Waals surface area contributed by atoms with Gasteiger partial charge in [0.1, 0.15) is 0 Å². The summed E-state index contributed by atoms with van der Waals surface area (Å²) in [6.07, 6.45) is 3.11. The van der Waals surface area contributed by atoms with Crippen LogP contribution in [-0.2, 0) is 17.4 Å². The number of aromatic amines is 1. The van der Waals surface area contributed by atoms with E-state index in [2.05, 4.69) is 10.3 Å². The van der Waals surface area contributed by atoms with Crippen molar-refractivity contribution in [1.29, 1.82) is 0 Å². The molecule has 1 saturated carbocycles. The maximum absolute atomic E-state index is 13.3. The zero-order chi connectivity index (χ0) is 22.5. The summed E-state index contributed by atoms with van der Waals surface area (Å²) in [4.78, 5) is 15.7. The maximum atomic E-state index is 13.3. The second-order valence-corrected chi connectivity index (χ2v) is 8.64. The Kier molecular flexibility index (Phi) is 5.08. The Hall–Kier alpha value is -3.06. The van der Waals surface area contributed by atoms with Crippen LogP contribution >= 0.6 is 0 Å². The number of carbonyl (C=O) groups is 1. The number of benzene rings is 2. The molecule has 3 N–H and O–H groups in total. The highest BCUT2D eigenvalue weighted by Crippen LogP contribution is 2.40. The number of alkyl halides is 3. The van der Waals surface area contributed by atoms with Gasteiger partial charge in [-0.2, -0.15) is 13.2 Å². The molecule has 5 rings (SSSR count). The molecule has 2 atom stereocenters. The predicted octanol–water partition coefficient (Wildman–Crippen LogP) is 5.91. The molecule has 2 heterocycles. The van der Waals surface area contributed by atoms with E-state index in [0.29, 0.717) is 27.8 Å². The number of aliphatic hydroxyl groups is 1. The van der Waals surface area contributed by atoms with Crippen LogP contribution in [0.25, 0.3) is 28.2 Å². The fourth-order valence-electron chi connectivity index (χ4n) is 4.77. The van der Waals surface area contributed by atoms with Crippen LogP contribution in [0, 0.1) is 5.92 Å². The van der Waals surface area contributed by atoms with Crippen LogP contribution < -0.4 is 5.32 Å². The summed E-state index contributed by atoms with van der Waals surface area (Å²) in [6.45, 7) is 0. The Morgan fingerprint density at radius 2 is 1.88 bits per heavy atom. The summed E-state index contributed by atoms with van der Waals surface area (Å²) in [6, 6.07) is 9.20. The molecule has 0 bridgehead atoms. The Morgan fingerprint density at radius 1 is 1.06 bits per heavy atom. The number of carbonyl (C=O) groups excluding carboxylic acids is 1. The largest absolute Gasteiger partial charge is 0.416 e. The minimum Gasteiger partial charge on any atom is -0.393 e. The van der Waals surface area contributed by atoms with Crippen LogP contribution in [0.15, 0.2) is 42.5 Å². The molecule has 32 heavy (non-hydrogen) atoms. The van der Waals surface area contributed by atoms with Gasteiger partial charge in [0.2, 0.25) is 5.91 Å². The maximum Gasteiger partial charge on any atom is 0.416 e. The first-order chi connectivity index (χ1) is 15.3. The lowest BCUT2D eigenvalue weighted by Crippen LogP contribution is -2.22. The summed E-state index contributed by atoms with van der Waals surface area (Å²) in [5, 5.41) is 13.5. The standard InChI is InChI=1S/C25H23F3N2O2/c26-25(27,28)16-8-10-20-17(12-16)18-13-23(32)29-21-9-6-14(11-19(21)24(18)30-20)5-7-15-3-1-2-4-22(15)31/h5-12,15,22,30-31H,1-4,13H2,(H,29,32). The molecule has 3 aromatic rings. The minimum absolute atomic E-state index is 0.00916. The Bertz CT molecular complexity index is 1230. The molecule has 0 radical (unpaired) electrons. The molecule has 2 unspecified atom stereocenters. The summed E-state index contributed by atoms with van der Waals surface area (Å²) in [7, 11) is 0. The van der Waals surface area contributed by atoms with Gasteiger partial charge in [-0.1, -0.05) is 31.1 Å². The molecule has 0 spiro atoms. The van der Waals surface area contributed by atoms with Gasteiger partial charge in [0.25, 0.3) is 0 Å². The number of H-pyrrole nitrogens is 1. The SMILES string of the molecule is O=C1Cc2c([nH]c3ccc(C(F)(F)F)cc23)-c2cc(C=CC3CCCCC3O)ccc2N1. The first kappa shape index (κ1) is 20.8. The van der Waals surface area contributed by atoms with Crippen molar-refractivity contribution in [2.75, 3.05) is 5.32 Å². The molecule has 1 fully saturated rings. The first-order valence-electron chi connectivity index (χ1n) is 10.8. The number of aliphatic hydroxyl groups excluding tert-OH is 1. The topological polar surface area (TPSA) is 65.1 Å². The molecule has 1 amide bonds. The Balaban J connectivity index is 1.58. The molecule has 1 aliphatic carbocycles. The van der Waals surface area contributed by atoms with E-state index < -0.39 is 11.7 Å². The Morgan fingerprint density at radius 3 is 2.66 bits per heavy atom. The number of aromatic nitrogens is 1. The van der Waals surface area contributed by atoms with E-state index in [1.807, 2.05) is 30.4 Å². The second kappa shape index (κ2) is 7.81. The monoisotopic (exact) mass is 440 g/mol. The highest BCUT2D eigenvalue weighted by molar-refractivity contribution is 6.05. The third kappa shape index (κ3) is 3.81. The quantitative estimate of drug-likeness (QED) is 0.464. The number of anilines is 1. The second-order valence-electron chi connectivity index (χ2n) is 8.64. The van der Waals surface area contributed by atoms with Crippen molar-refractivity contribution >= 4 is 28.6 Å². The van der Waals surface area contributed by atoms with Crippen molar-refractivity contribution in [3.63, 3.8) is 0 Å². The minimum atomic E-state index is -4.45. The van der Waals surface area contributed by atoms with E-state index in [1.165, 1.54) is 6.07 Å². The molecule has 2 aromatic carbocycles.